The molecule has 0 aromatic carbocycles. The average molecular weight is 394 g/mol. The van der Waals surface area contributed by atoms with E-state index in [9.17, 15) is 16.8 Å². The van der Waals surface area contributed by atoms with Crippen LogP contribution in [0.1, 0.15) is 0 Å². The number of rotatable bonds is 3. The van der Waals surface area contributed by atoms with E-state index in [1.807, 2.05) is 0 Å². The molecule has 25 heavy (non-hydrogen) atoms. The van der Waals surface area contributed by atoms with Crippen molar-refractivity contribution in [2.75, 3.05) is 52.3 Å². The number of hydrogen-bond acceptors (Lipinski definition) is 7. The number of aromatic nitrogens is 2. The molecule has 2 aliphatic heterocycles. The molecule has 0 aliphatic carbocycles. The molecule has 2 fully saturated rings. The van der Waals surface area contributed by atoms with Crippen molar-refractivity contribution in [3.05, 3.63) is 12.5 Å². The van der Waals surface area contributed by atoms with Gasteiger partial charge in [0.2, 0.25) is 10.0 Å². The first-order valence-electron chi connectivity index (χ1n) is 7.77. The Morgan fingerprint density at radius 1 is 1.12 bits per heavy atom. The number of nitrogens with zero attached hydrogens (tertiary/aromatic N) is 4. The molecule has 0 amide bonds. The van der Waals surface area contributed by atoms with Crippen LogP contribution in [0.2, 0.25) is 0 Å². The first-order valence-corrected chi connectivity index (χ1v) is 11.1. The average Bonchev–Trinajstić information content (AvgIpc) is 2.86. The SMILES string of the molecule is Cn1cnc(S(=O)(=O)N2CCOC3(COCCN(S(C)(=O)=O)C3)C2)c1. The van der Waals surface area contributed by atoms with E-state index in [4.69, 9.17) is 9.47 Å². The smallest absolute Gasteiger partial charge is 0.262 e. The molecule has 3 rings (SSSR count). The summed E-state index contributed by atoms with van der Waals surface area (Å²) in [6.45, 7) is 1.000. The van der Waals surface area contributed by atoms with Crippen molar-refractivity contribution in [2.24, 2.45) is 7.05 Å². The molecule has 0 bridgehead atoms. The van der Waals surface area contributed by atoms with Gasteiger partial charge in [0.05, 0.1) is 32.4 Å². The third-order valence-electron chi connectivity index (χ3n) is 4.28. The largest absolute Gasteiger partial charge is 0.377 e. The summed E-state index contributed by atoms with van der Waals surface area (Å²) >= 11 is 0. The Bertz CT molecular complexity index is 836. The van der Waals surface area contributed by atoms with Gasteiger partial charge in [0, 0.05) is 39.4 Å². The van der Waals surface area contributed by atoms with Crippen LogP contribution in [-0.2, 0) is 36.6 Å². The van der Waals surface area contributed by atoms with Crippen LogP contribution < -0.4 is 0 Å². The molecule has 2 saturated heterocycles. The Labute approximate surface area is 147 Å². The summed E-state index contributed by atoms with van der Waals surface area (Å²) in [5, 5.41) is -0.0402. The van der Waals surface area contributed by atoms with Crippen LogP contribution in [0.4, 0.5) is 0 Å². The monoisotopic (exact) mass is 394 g/mol. The summed E-state index contributed by atoms with van der Waals surface area (Å²) in [6, 6.07) is 0. The summed E-state index contributed by atoms with van der Waals surface area (Å²) in [5.74, 6) is 0. The van der Waals surface area contributed by atoms with Crippen molar-refractivity contribution in [2.45, 2.75) is 10.6 Å². The number of ether oxygens (including phenoxy) is 2. The molecule has 3 heterocycles. The van der Waals surface area contributed by atoms with Gasteiger partial charge in [-0.05, 0) is 0 Å². The van der Waals surface area contributed by atoms with E-state index < -0.39 is 25.6 Å². The van der Waals surface area contributed by atoms with Gasteiger partial charge in [-0.3, -0.25) is 0 Å². The zero-order chi connectivity index (χ0) is 18.3. The van der Waals surface area contributed by atoms with Crippen molar-refractivity contribution in [3.63, 3.8) is 0 Å². The highest BCUT2D eigenvalue weighted by molar-refractivity contribution is 7.89. The Balaban J connectivity index is 1.86. The van der Waals surface area contributed by atoms with E-state index in [0.717, 1.165) is 6.26 Å². The van der Waals surface area contributed by atoms with Gasteiger partial charge in [-0.15, -0.1) is 0 Å². The number of sulfonamides is 2. The van der Waals surface area contributed by atoms with Gasteiger partial charge < -0.3 is 14.0 Å². The Hall–Kier alpha value is -1.05. The highest BCUT2D eigenvalue weighted by Gasteiger charge is 2.45. The lowest BCUT2D eigenvalue weighted by molar-refractivity contribution is -0.122. The fourth-order valence-corrected chi connectivity index (χ4v) is 5.35. The number of morpholine rings is 1. The number of hydrogen-bond donors (Lipinski definition) is 0. The summed E-state index contributed by atoms with van der Waals surface area (Å²) < 4.78 is 64.9. The molecule has 0 radical (unpaired) electrons. The molecule has 1 atom stereocenters. The maximum atomic E-state index is 12.8. The fraction of sp³-hybridized carbons (Fsp3) is 0.769. The van der Waals surface area contributed by atoms with Gasteiger partial charge >= 0.3 is 0 Å². The lowest BCUT2D eigenvalue weighted by Gasteiger charge is -2.42. The lowest BCUT2D eigenvalue weighted by Crippen LogP contribution is -2.60. The normalized spacial score (nSPS) is 27.4. The quantitative estimate of drug-likeness (QED) is 0.612. The molecule has 142 valence electrons. The third-order valence-corrected chi connectivity index (χ3v) is 7.26. The second kappa shape index (κ2) is 6.59. The van der Waals surface area contributed by atoms with Gasteiger partial charge in [-0.2, -0.15) is 8.61 Å². The second-order valence-electron chi connectivity index (χ2n) is 6.40. The van der Waals surface area contributed by atoms with Crippen molar-refractivity contribution in [3.8, 4) is 0 Å². The third kappa shape index (κ3) is 3.88. The van der Waals surface area contributed by atoms with Gasteiger partial charge in [-0.25, -0.2) is 21.8 Å². The van der Waals surface area contributed by atoms with Crippen molar-refractivity contribution < 1.29 is 26.3 Å². The highest BCUT2D eigenvalue weighted by atomic mass is 32.2. The summed E-state index contributed by atoms with van der Waals surface area (Å²) in [4.78, 5) is 3.92. The Morgan fingerprint density at radius 2 is 1.80 bits per heavy atom. The van der Waals surface area contributed by atoms with E-state index in [2.05, 4.69) is 4.98 Å². The highest BCUT2D eigenvalue weighted by Crippen LogP contribution is 2.27. The van der Waals surface area contributed by atoms with Gasteiger partial charge in [-0.1, -0.05) is 0 Å². The van der Waals surface area contributed by atoms with E-state index in [1.54, 1.807) is 11.6 Å². The van der Waals surface area contributed by atoms with Gasteiger partial charge in [0.1, 0.15) is 5.60 Å². The van der Waals surface area contributed by atoms with Gasteiger partial charge in [0.25, 0.3) is 10.0 Å². The van der Waals surface area contributed by atoms with E-state index in [0.29, 0.717) is 0 Å². The second-order valence-corrected chi connectivity index (χ2v) is 10.3. The van der Waals surface area contributed by atoms with Crippen LogP contribution in [0.5, 0.6) is 0 Å². The maximum Gasteiger partial charge on any atom is 0.262 e. The Morgan fingerprint density at radius 3 is 2.44 bits per heavy atom. The minimum absolute atomic E-state index is 0.0118. The van der Waals surface area contributed by atoms with Crippen LogP contribution in [0.3, 0.4) is 0 Å². The van der Waals surface area contributed by atoms with E-state index in [-0.39, 0.29) is 51.0 Å². The zero-order valence-corrected chi connectivity index (χ0v) is 15.8. The number of imidazole rings is 1. The van der Waals surface area contributed by atoms with Crippen LogP contribution >= 0.6 is 0 Å². The molecule has 1 spiro atoms. The maximum absolute atomic E-state index is 12.8. The van der Waals surface area contributed by atoms with Crippen molar-refractivity contribution in [1.29, 1.82) is 0 Å². The predicted molar refractivity (Wildman–Crippen MR) is 87.9 cm³/mol. The minimum Gasteiger partial charge on any atom is -0.377 e. The molecule has 12 heteroatoms. The minimum atomic E-state index is -3.78. The standard InChI is InChI=1S/C13H22N4O6S2/c1-15-7-12(14-11-15)25(20,21)17-4-6-23-13(9-17)8-16(24(2,18)19)3-5-22-10-13/h7,11H,3-6,8-10H2,1-2H3. The van der Waals surface area contributed by atoms with Crippen molar-refractivity contribution in [1.82, 2.24) is 18.2 Å². The van der Waals surface area contributed by atoms with E-state index >= 15 is 0 Å². The molecule has 10 nitrogen and oxygen atoms in total. The van der Waals surface area contributed by atoms with Crippen LogP contribution in [0, 0.1) is 0 Å². The Kier molecular flexibility index (Phi) is 4.94. The molecule has 0 N–H and O–H groups in total. The molecule has 1 aromatic heterocycles. The number of aryl methyl sites for hydroxylation is 1. The summed E-state index contributed by atoms with van der Waals surface area (Å²) in [5.41, 5.74) is -1.03. The summed E-state index contributed by atoms with van der Waals surface area (Å²) in [6.07, 6.45) is 3.98. The molecular formula is C13H22N4O6S2. The molecular weight excluding hydrogens is 372 g/mol. The van der Waals surface area contributed by atoms with Crippen LogP contribution in [0.15, 0.2) is 17.6 Å². The molecule has 1 unspecified atom stereocenters. The molecule has 1 aromatic rings. The lowest BCUT2D eigenvalue weighted by atomic mass is 10.0. The van der Waals surface area contributed by atoms with E-state index in [1.165, 1.54) is 21.1 Å². The predicted octanol–water partition coefficient (Wildman–Crippen LogP) is -1.53. The first kappa shape index (κ1) is 18.7. The van der Waals surface area contributed by atoms with Crippen molar-refractivity contribution >= 4 is 20.0 Å². The summed E-state index contributed by atoms with van der Waals surface area (Å²) in [7, 11) is -5.53. The molecule has 0 saturated carbocycles. The first-order chi connectivity index (χ1) is 11.6. The molecule has 2 aliphatic rings. The van der Waals surface area contributed by atoms with Crippen LogP contribution in [-0.4, -0.2) is 92.9 Å². The van der Waals surface area contributed by atoms with Crippen LogP contribution in [0.25, 0.3) is 0 Å². The fourth-order valence-electron chi connectivity index (χ4n) is 3.01. The topological polar surface area (TPSA) is 111 Å². The zero-order valence-electron chi connectivity index (χ0n) is 14.2. The van der Waals surface area contributed by atoms with Gasteiger partial charge in [0.15, 0.2) is 5.03 Å².